The molecule has 6 heteroatoms. The van der Waals surface area contributed by atoms with Crippen LogP contribution in [0.25, 0.3) is 0 Å². The number of hydrogen-bond acceptors (Lipinski definition) is 3. The van der Waals surface area contributed by atoms with Crippen molar-refractivity contribution < 1.29 is 23.9 Å². The van der Waals surface area contributed by atoms with Gasteiger partial charge in [-0.25, -0.2) is 0 Å². The van der Waals surface area contributed by atoms with E-state index in [4.69, 9.17) is 9.63 Å². The molecule has 0 heterocycles. The van der Waals surface area contributed by atoms with Gasteiger partial charge in [-0.15, -0.1) is 0 Å². The topological polar surface area (TPSA) is 83.8 Å². The van der Waals surface area contributed by atoms with Gasteiger partial charge in [0.05, 0.1) is 6.61 Å². The zero-order valence-electron chi connectivity index (χ0n) is 15.4. The van der Waals surface area contributed by atoms with Gasteiger partial charge in [0.15, 0.2) is 0 Å². The van der Waals surface area contributed by atoms with Crippen LogP contribution in [0.1, 0.15) is 96.8 Å². The highest BCUT2D eigenvalue weighted by molar-refractivity contribution is 7.53. The van der Waals surface area contributed by atoms with E-state index >= 15 is 0 Å². The molecular weight excluding hydrogens is 327 g/mol. The lowest BCUT2D eigenvalue weighted by Crippen LogP contribution is -2.06. The standard InChI is InChI=1S/C18H37O5P/c1-2-3-4-5-6-7-8-9-10-11-12-13-14-15-16-23-24(21,22)17-18(19)20/h2-17H2,1H3,(H,19,20)(H,21,22). The molecule has 144 valence electrons. The largest absolute Gasteiger partial charge is 0.481 e. The molecule has 0 aliphatic carbocycles. The van der Waals surface area contributed by atoms with Gasteiger partial charge in [-0.1, -0.05) is 90.4 Å². The van der Waals surface area contributed by atoms with Crippen LogP contribution in [-0.4, -0.2) is 28.7 Å². The second kappa shape index (κ2) is 16.1. The number of carboxylic acid groups (broad SMARTS) is 1. The first-order valence-corrected chi connectivity index (χ1v) is 11.4. The number of carboxylic acids is 1. The minimum absolute atomic E-state index is 0.166. The molecule has 0 saturated heterocycles. The zero-order valence-corrected chi connectivity index (χ0v) is 16.3. The average molecular weight is 364 g/mol. The normalized spacial score (nSPS) is 13.8. The van der Waals surface area contributed by atoms with E-state index < -0.39 is 19.7 Å². The highest BCUT2D eigenvalue weighted by Gasteiger charge is 2.23. The lowest BCUT2D eigenvalue weighted by atomic mass is 10.0. The van der Waals surface area contributed by atoms with Crippen molar-refractivity contribution in [3.8, 4) is 0 Å². The molecule has 0 bridgehead atoms. The Bertz CT molecular complexity index is 346. The highest BCUT2D eigenvalue weighted by atomic mass is 31.2. The van der Waals surface area contributed by atoms with E-state index in [1.165, 1.54) is 70.6 Å². The van der Waals surface area contributed by atoms with Crippen molar-refractivity contribution >= 4 is 13.6 Å². The molecule has 0 rings (SSSR count). The minimum Gasteiger partial charge on any atom is -0.481 e. The third-order valence-corrected chi connectivity index (χ3v) is 5.38. The molecule has 0 aromatic carbocycles. The van der Waals surface area contributed by atoms with Crippen molar-refractivity contribution in [2.24, 2.45) is 0 Å². The van der Waals surface area contributed by atoms with Crippen LogP contribution in [0.4, 0.5) is 0 Å². The Hall–Kier alpha value is -0.380. The van der Waals surface area contributed by atoms with Crippen molar-refractivity contribution in [3.05, 3.63) is 0 Å². The Labute approximate surface area is 147 Å². The number of rotatable bonds is 18. The van der Waals surface area contributed by atoms with E-state index in [9.17, 15) is 14.3 Å². The van der Waals surface area contributed by atoms with Crippen LogP contribution >= 0.6 is 7.60 Å². The molecule has 5 nitrogen and oxygen atoms in total. The molecular formula is C18H37O5P. The number of carbonyl (C=O) groups is 1. The highest BCUT2D eigenvalue weighted by Crippen LogP contribution is 2.41. The van der Waals surface area contributed by atoms with Gasteiger partial charge in [0.1, 0.15) is 6.16 Å². The van der Waals surface area contributed by atoms with Crippen LogP contribution in [0.5, 0.6) is 0 Å². The van der Waals surface area contributed by atoms with Gasteiger partial charge in [-0.05, 0) is 6.42 Å². The monoisotopic (exact) mass is 364 g/mol. The molecule has 0 radical (unpaired) electrons. The molecule has 0 fully saturated rings. The van der Waals surface area contributed by atoms with Crippen LogP contribution < -0.4 is 0 Å². The average Bonchev–Trinajstić information content (AvgIpc) is 2.49. The summed E-state index contributed by atoms with van der Waals surface area (Å²) in [6.07, 6.45) is 16.6. The lowest BCUT2D eigenvalue weighted by molar-refractivity contribution is -0.134. The molecule has 2 N–H and O–H groups in total. The van der Waals surface area contributed by atoms with E-state index in [0.717, 1.165) is 12.8 Å². The second-order valence-corrected chi connectivity index (χ2v) is 8.47. The quantitative estimate of drug-likeness (QED) is 0.239. The van der Waals surface area contributed by atoms with Gasteiger partial charge < -0.3 is 14.5 Å². The van der Waals surface area contributed by atoms with Crippen molar-refractivity contribution in [2.75, 3.05) is 12.8 Å². The second-order valence-electron chi connectivity index (χ2n) is 6.62. The molecule has 0 saturated carbocycles. The van der Waals surface area contributed by atoms with Crippen molar-refractivity contribution in [2.45, 2.75) is 96.8 Å². The Morgan fingerprint density at radius 3 is 1.54 bits per heavy atom. The van der Waals surface area contributed by atoms with Gasteiger partial charge in [-0.3, -0.25) is 9.36 Å². The van der Waals surface area contributed by atoms with Crippen LogP contribution in [0.2, 0.25) is 0 Å². The summed E-state index contributed by atoms with van der Waals surface area (Å²) in [5.74, 6) is -1.30. The van der Waals surface area contributed by atoms with Gasteiger partial charge >= 0.3 is 13.6 Å². The third kappa shape index (κ3) is 18.0. The number of hydrogen-bond donors (Lipinski definition) is 2. The summed E-state index contributed by atoms with van der Waals surface area (Å²) >= 11 is 0. The summed E-state index contributed by atoms with van der Waals surface area (Å²) in [6, 6.07) is 0. The Morgan fingerprint density at radius 2 is 1.17 bits per heavy atom. The van der Waals surface area contributed by atoms with Crippen molar-refractivity contribution in [3.63, 3.8) is 0 Å². The number of aliphatic carboxylic acids is 1. The molecule has 0 aromatic heterocycles. The SMILES string of the molecule is CCCCCCCCCCCCCCCCOP(=O)(O)CC(=O)O. The maximum absolute atomic E-state index is 11.3. The molecule has 0 aromatic rings. The fourth-order valence-corrected chi connectivity index (χ4v) is 3.57. The van der Waals surface area contributed by atoms with Gasteiger partial charge in [0.25, 0.3) is 0 Å². The number of unbranched alkanes of at least 4 members (excludes halogenated alkanes) is 13. The lowest BCUT2D eigenvalue weighted by Gasteiger charge is -2.09. The molecule has 24 heavy (non-hydrogen) atoms. The van der Waals surface area contributed by atoms with Gasteiger partial charge in [-0.2, -0.15) is 0 Å². The van der Waals surface area contributed by atoms with Crippen molar-refractivity contribution in [1.29, 1.82) is 0 Å². The molecule has 1 atom stereocenters. The van der Waals surface area contributed by atoms with Gasteiger partial charge in [0, 0.05) is 0 Å². The zero-order chi connectivity index (χ0) is 18.1. The van der Waals surface area contributed by atoms with Crippen LogP contribution in [-0.2, 0) is 13.9 Å². The maximum atomic E-state index is 11.3. The summed E-state index contributed by atoms with van der Waals surface area (Å²) in [5.41, 5.74) is 0. The van der Waals surface area contributed by atoms with Gasteiger partial charge in [0.2, 0.25) is 0 Å². The predicted molar refractivity (Wildman–Crippen MR) is 98.6 cm³/mol. The molecule has 0 aliphatic rings. The molecule has 0 amide bonds. The first-order valence-electron chi connectivity index (χ1n) is 9.66. The minimum atomic E-state index is -3.93. The summed E-state index contributed by atoms with van der Waals surface area (Å²) < 4.78 is 16.1. The smallest absolute Gasteiger partial charge is 0.339 e. The fraction of sp³-hybridized carbons (Fsp3) is 0.944. The Balaban J connectivity index is 3.20. The maximum Gasteiger partial charge on any atom is 0.339 e. The summed E-state index contributed by atoms with van der Waals surface area (Å²) in [7, 11) is -3.93. The summed E-state index contributed by atoms with van der Waals surface area (Å²) in [6.45, 7) is 2.41. The summed E-state index contributed by atoms with van der Waals surface area (Å²) in [4.78, 5) is 19.6. The predicted octanol–water partition coefficient (Wildman–Crippen LogP) is 5.75. The first-order chi connectivity index (χ1) is 11.5. The third-order valence-electron chi connectivity index (χ3n) is 4.13. The Morgan fingerprint density at radius 1 is 0.792 bits per heavy atom. The first kappa shape index (κ1) is 23.6. The Kier molecular flexibility index (Phi) is 15.9. The van der Waals surface area contributed by atoms with E-state index in [2.05, 4.69) is 6.92 Å². The van der Waals surface area contributed by atoms with Crippen LogP contribution in [0, 0.1) is 0 Å². The van der Waals surface area contributed by atoms with Crippen LogP contribution in [0.3, 0.4) is 0 Å². The van der Waals surface area contributed by atoms with E-state index in [0.29, 0.717) is 6.42 Å². The molecule has 1 unspecified atom stereocenters. The van der Waals surface area contributed by atoms with E-state index in [-0.39, 0.29) is 6.61 Å². The van der Waals surface area contributed by atoms with Crippen LogP contribution in [0.15, 0.2) is 0 Å². The van der Waals surface area contributed by atoms with E-state index in [1.807, 2.05) is 0 Å². The fourth-order valence-electron chi connectivity index (χ4n) is 2.72. The molecule has 0 spiro atoms. The van der Waals surface area contributed by atoms with Crippen molar-refractivity contribution in [1.82, 2.24) is 0 Å². The molecule has 0 aliphatic heterocycles. The summed E-state index contributed by atoms with van der Waals surface area (Å²) in [5, 5.41) is 8.46. The van der Waals surface area contributed by atoms with E-state index in [1.54, 1.807) is 0 Å².